The van der Waals surface area contributed by atoms with Gasteiger partial charge < -0.3 is 0 Å². The summed E-state index contributed by atoms with van der Waals surface area (Å²) < 4.78 is 6.74. The first-order valence-corrected chi connectivity index (χ1v) is 16.1. The molecule has 0 saturated heterocycles. The first-order chi connectivity index (χ1) is 9.51. The molecule has 0 rings (SSSR count). The predicted octanol–water partition coefficient (Wildman–Crippen LogP) is 5.02. The average molecular weight is 388 g/mol. The van der Waals surface area contributed by atoms with Crippen LogP contribution in [0.2, 0.25) is 13.3 Å². The predicted molar refractivity (Wildman–Crippen MR) is 92.7 cm³/mol. The first kappa shape index (κ1) is 20.0. The molecule has 0 saturated carbocycles. The molecule has 0 aliphatic heterocycles. The third-order valence-corrected chi connectivity index (χ3v) is 18.2. The quantitative estimate of drug-likeness (QED) is 0.360. The molecule has 0 aromatic rings. The Bertz CT molecular complexity index is 265. The van der Waals surface area contributed by atoms with Crippen LogP contribution in [0.1, 0.15) is 59.3 Å². The van der Waals surface area contributed by atoms with Crippen molar-refractivity contribution in [3.63, 3.8) is 0 Å². The second-order valence-corrected chi connectivity index (χ2v) is 19.2. The van der Waals surface area contributed by atoms with Crippen molar-refractivity contribution in [3.05, 3.63) is 10.2 Å². The Morgan fingerprint density at radius 2 is 1.30 bits per heavy atom. The van der Waals surface area contributed by atoms with E-state index in [4.69, 9.17) is 0 Å². The topological polar surface area (TPSA) is 20.3 Å². The summed E-state index contributed by atoms with van der Waals surface area (Å²) in [5.41, 5.74) is 0. The molecule has 1 amide bonds. The van der Waals surface area contributed by atoms with Crippen LogP contribution in [0.5, 0.6) is 0 Å². The molecule has 0 aromatic heterocycles. The fourth-order valence-corrected chi connectivity index (χ4v) is 16.6. The van der Waals surface area contributed by atoms with E-state index in [1.807, 2.05) is 20.2 Å². The molecule has 0 spiro atoms. The summed E-state index contributed by atoms with van der Waals surface area (Å²) in [6.45, 7) is 6.85. The number of hydrogen-bond donors (Lipinski definition) is 0. The van der Waals surface area contributed by atoms with Crippen LogP contribution in [0, 0.1) is 0 Å². The number of carbonyl (C=O) groups is 1. The van der Waals surface area contributed by atoms with Crippen molar-refractivity contribution in [3.8, 4) is 0 Å². The van der Waals surface area contributed by atoms with E-state index >= 15 is 0 Å². The van der Waals surface area contributed by atoms with Gasteiger partial charge in [0.1, 0.15) is 0 Å². The van der Waals surface area contributed by atoms with Gasteiger partial charge in [-0.05, 0) is 0 Å². The number of unbranched alkanes of at least 4 members (excludes halogenated alkanes) is 3. The van der Waals surface area contributed by atoms with Crippen molar-refractivity contribution in [2.45, 2.75) is 72.6 Å². The van der Waals surface area contributed by atoms with E-state index < -0.39 is 18.4 Å². The summed E-state index contributed by atoms with van der Waals surface area (Å²) in [6, 6.07) is 0. The minimum atomic E-state index is -2.23. The zero-order valence-corrected chi connectivity index (χ0v) is 17.2. The van der Waals surface area contributed by atoms with Gasteiger partial charge in [-0.15, -0.1) is 0 Å². The van der Waals surface area contributed by atoms with E-state index in [1.165, 1.54) is 51.8 Å². The van der Waals surface area contributed by atoms with Crippen molar-refractivity contribution in [1.29, 1.82) is 0 Å². The molecular weight excluding hydrogens is 353 g/mol. The van der Waals surface area contributed by atoms with Gasteiger partial charge >= 0.3 is 131 Å². The number of amides is 1. The molecule has 0 unspecified atom stereocenters. The molecule has 0 aromatic carbocycles. The average Bonchev–Trinajstić information content (AvgIpc) is 2.45. The van der Waals surface area contributed by atoms with Crippen molar-refractivity contribution in [1.82, 2.24) is 4.90 Å². The molecular formula is C17H35NOSn. The zero-order chi connectivity index (χ0) is 15.4. The Morgan fingerprint density at radius 1 is 0.900 bits per heavy atom. The maximum atomic E-state index is 11.9. The Labute approximate surface area is 130 Å². The Hall–Kier alpha value is 0.00870. The molecule has 2 nitrogen and oxygen atoms in total. The van der Waals surface area contributed by atoms with E-state index in [2.05, 4.69) is 24.9 Å². The molecule has 0 heterocycles. The van der Waals surface area contributed by atoms with Gasteiger partial charge in [0.15, 0.2) is 0 Å². The summed E-state index contributed by atoms with van der Waals surface area (Å²) >= 11 is -2.23. The molecule has 118 valence electrons. The number of carbonyl (C=O) groups excluding carboxylic acids is 1. The second kappa shape index (κ2) is 11.6. The van der Waals surface area contributed by atoms with Gasteiger partial charge in [-0.3, -0.25) is 0 Å². The SMILES string of the molecule is CCC[CH2][Sn](/[CH]=C\C(=O)N(C)C)([CH2]CCC)[CH2]CCC. The van der Waals surface area contributed by atoms with Crippen LogP contribution in [0.15, 0.2) is 10.2 Å². The van der Waals surface area contributed by atoms with Crippen LogP contribution in [-0.2, 0) is 4.79 Å². The van der Waals surface area contributed by atoms with Crippen LogP contribution < -0.4 is 0 Å². The number of nitrogens with zero attached hydrogens (tertiary/aromatic N) is 1. The van der Waals surface area contributed by atoms with Gasteiger partial charge in [0, 0.05) is 0 Å². The molecule has 20 heavy (non-hydrogen) atoms. The summed E-state index contributed by atoms with van der Waals surface area (Å²) in [4.78, 5) is 13.6. The molecule has 3 heteroatoms. The molecule has 0 fully saturated rings. The molecule has 0 bridgehead atoms. The minimum absolute atomic E-state index is 0.163. The zero-order valence-electron chi connectivity index (χ0n) is 14.4. The Morgan fingerprint density at radius 3 is 1.60 bits per heavy atom. The molecule has 0 aliphatic carbocycles. The summed E-state index contributed by atoms with van der Waals surface area (Å²) in [7, 11) is 3.68. The van der Waals surface area contributed by atoms with Gasteiger partial charge in [0.25, 0.3) is 0 Å². The number of hydrogen-bond acceptors (Lipinski definition) is 1. The van der Waals surface area contributed by atoms with Crippen LogP contribution in [0.25, 0.3) is 0 Å². The summed E-state index contributed by atoms with van der Waals surface area (Å²) in [5.74, 6) is 0.163. The van der Waals surface area contributed by atoms with E-state index in [0.29, 0.717) is 0 Å². The third-order valence-electron chi connectivity index (χ3n) is 4.10. The van der Waals surface area contributed by atoms with Gasteiger partial charge in [0.2, 0.25) is 0 Å². The third kappa shape index (κ3) is 8.33. The van der Waals surface area contributed by atoms with Crippen molar-refractivity contribution in [2.24, 2.45) is 0 Å². The number of likely N-dealkylation sites (N-methyl/N-ethyl adjacent to an activating group) is 1. The molecule has 0 N–H and O–H groups in total. The van der Waals surface area contributed by atoms with Crippen LogP contribution in [0.4, 0.5) is 0 Å². The summed E-state index contributed by atoms with van der Waals surface area (Å²) in [5, 5.41) is 0. The van der Waals surface area contributed by atoms with E-state index in [0.717, 1.165) is 0 Å². The first-order valence-electron chi connectivity index (χ1n) is 8.41. The fourth-order valence-electron chi connectivity index (χ4n) is 2.61. The molecule has 0 atom stereocenters. The maximum absolute atomic E-state index is 11.9. The van der Waals surface area contributed by atoms with Crippen molar-refractivity contribution in [2.75, 3.05) is 14.1 Å². The fraction of sp³-hybridized carbons (Fsp3) is 0.824. The monoisotopic (exact) mass is 389 g/mol. The Balaban J connectivity index is 4.96. The standard InChI is InChI=1S/C5H8NO.3C4H9.Sn/c1-4-5(7)6(2)3;3*1-3-4-2;/h1,4H,2-3H3;3*1,3-4H2,2H3;. The second-order valence-electron chi connectivity index (χ2n) is 6.24. The molecule has 0 radical (unpaired) electrons. The van der Waals surface area contributed by atoms with Gasteiger partial charge in [-0.1, -0.05) is 0 Å². The number of rotatable bonds is 11. The van der Waals surface area contributed by atoms with E-state index in [9.17, 15) is 4.79 Å². The summed E-state index contributed by atoms with van der Waals surface area (Å²) in [6.07, 6.45) is 9.81. The van der Waals surface area contributed by atoms with Gasteiger partial charge in [-0.25, -0.2) is 0 Å². The van der Waals surface area contributed by atoms with Crippen molar-refractivity contribution >= 4 is 24.3 Å². The van der Waals surface area contributed by atoms with Crippen LogP contribution in [-0.4, -0.2) is 43.3 Å². The van der Waals surface area contributed by atoms with Crippen LogP contribution >= 0.6 is 0 Å². The normalized spacial score (nSPS) is 12.1. The Kier molecular flexibility index (Phi) is 11.6. The van der Waals surface area contributed by atoms with Crippen LogP contribution in [0.3, 0.4) is 0 Å². The van der Waals surface area contributed by atoms with Gasteiger partial charge in [-0.2, -0.15) is 0 Å². The van der Waals surface area contributed by atoms with E-state index in [1.54, 1.807) is 4.90 Å². The molecule has 0 aliphatic rings. The van der Waals surface area contributed by atoms with Gasteiger partial charge in [0.05, 0.1) is 0 Å². The van der Waals surface area contributed by atoms with E-state index in [-0.39, 0.29) is 5.91 Å². The van der Waals surface area contributed by atoms with Crippen molar-refractivity contribution < 1.29 is 4.79 Å².